The molecule has 1 aliphatic rings. The summed E-state index contributed by atoms with van der Waals surface area (Å²) in [5.74, 6) is 0. The minimum Gasteiger partial charge on any atom is -0.464 e. The van der Waals surface area contributed by atoms with Crippen LogP contribution in [0.2, 0.25) is 0 Å². The maximum Gasteiger partial charge on any atom is 0.416 e. The summed E-state index contributed by atoms with van der Waals surface area (Å²) in [7, 11) is 2.19. The predicted octanol–water partition coefficient (Wildman–Crippen LogP) is 3.99. The minimum atomic E-state index is -0.912. The first-order valence-electron chi connectivity index (χ1n) is 7.18. The van der Waals surface area contributed by atoms with Crippen molar-refractivity contribution in [2.24, 2.45) is 0 Å². The van der Waals surface area contributed by atoms with Crippen LogP contribution in [0.5, 0.6) is 0 Å². The molecule has 20 heavy (non-hydrogen) atoms. The van der Waals surface area contributed by atoms with Gasteiger partial charge in [-0.25, -0.2) is 4.79 Å². The quantitative estimate of drug-likeness (QED) is 0.930. The summed E-state index contributed by atoms with van der Waals surface area (Å²) in [5.41, 5.74) is 0.814. The van der Waals surface area contributed by atoms with Crippen molar-refractivity contribution in [3.8, 4) is 0 Å². The van der Waals surface area contributed by atoms with E-state index in [-0.39, 0.29) is 0 Å². The third kappa shape index (κ3) is 2.60. The van der Waals surface area contributed by atoms with Crippen LogP contribution in [0, 0.1) is 0 Å². The number of hydrogen-bond donors (Lipinski definition) is 1. The normalized spacial score (nSPS) is 17.1. The largest absolute Gasteiger partial charge is 0.464 e. The van der Waals surface area contributed by atoms with Crippen LogP contribution in [0.4, 0.5) is 4.79 Å². The summed E-state index contributed by atoms with van der Waals surface area (Å²) >= 11 is 1.70. The third-order valence-electron chi connectivity index (χ3n) is 4.24. The number of thiophene rings is 1. The fourth-order valence-corrected chi connectivity index (χ4v) is 4.23. The van der Waals surface area contributed by atoms with E-state index in [9.17, 15) is 4.79 Å². The highest BCUT2D eigenvalue weighted by molar-refractivity contribution is 7.19. The Hall–Kier alpha value is -1.33. The number of hydrogen-bond acceptors (Lipinski definition) is 3. The Morgan fingerprint density at radius 1 is 1.45 bits per heavy atom. The Morgan fingerprint density at radius 3 is 2.90 bits per heavy atom. The van der Waals surface area contributed by atoms with Gasteiger partial charge < -0.3 is 5.11 Å². The second-order valence-corrected chi connectivity index (χ2v) is 6.81. The lowest BCUT2D eigenvalue weighted by Crippen LogP contribution is -2.32. The average molecular weight is 292 g/mol. The molecule has 0 spiro atoms. The van der Waals surface area contributed by atoms with Gasteiger partial charge >= 0.3 is 6.09 Å². The summed E-state index contributed by atoms with van der Waals surface area (Å²) in [6.07, 6.45) is 7.35. The molecule has 5 heteroatoms. The first-order valence-corrected chi connectivity index (χ1v) is 8.00. The molecule has 0 bridgehead atoms. The highest BCUT2D eigenvalue weighted by atomic mass is 32.1. The molecule has 1 saturated carbocycles. The van der Waals surface area contributed by atoms with E-state index in [1.165, 1.54) is 41.5 Å². The van der Waals surface area contributed by atoms with E-state index < -0.39 is 6.09 Å². The summed E-state index contributed by atoms with van der Waals surface area (Å²) in [4.78, 5) is 14.8. The number of aromatic nitrogens is 1. The third-order valence-corrected chi connectivity index (χ3v) is 5.31. The summed E-state index contributed by atoms with van der Waals surface area (Å²) in [6.45, 7) is 0.920. The molecule has 1 aliphatic carbocycles. The van der Waals surface area contributed by atoms with Crippen LogP contribution in [-0.2, 0) is 6.54 Å². The minimum absolute atomic E-state index is 0.687. The fraction of sp³-hybridized carbons (Fsp3) is 0.533. The fourth-order valence-electron chi connectivity index (χ4n) is 3.12. The Morgan fingerprint density at radius 2 is 2.20 bits per heavy atom. The van der Waals surface area contributed by atoms with Crippen LogP contribution in [0.25, 0.3) is 10.2 Å². The van der Waals surface area contributed by atoms with Crippen LogP contribution in [0.1, 0.15) is 37.0 Å². The molecule has 0 aliphatic heterocycles. The maximum absolute atomic E-state index is 11.1. The molecule has 2 aromatic rings. The van der Waals surface area contributed by atoms with Gasteiger partial charge in [0.2, 0.25) is 0 Å². The number of fused-ring (bicyclic) bond motifs is 1. The van der Waals surface area contributed by atoms with Crippen LogP contribution >= 0.6 is 11.3 Å². The van der Waals surface area contributed by atoms with Crippen LogP contribution in [0.3, 0.4) is 0 Å². The summed E-state index contributed by atoms with van der Waals surface area (Å²) < 4.78 is 2.36. The van der Waals surface area contributed by atoms with Crippen LogP contribution < -0.4 is 0 Å². The van der Waals surface area contributed by atoms with Gasteiger partial charge in [0.1, 0.15) is 0 Å². The molecular formula is C15H20N2O2S. The highest BCUT2D eigenvalue weighted by Gasteiger charge is 2.19. The summed E-state index contributed by atoms with van der Waals surface area (Å²) in [6, 6.07) is 4.60. The number of carbonyl (C=O) groups is 1. The number of nitrogens with zero attached hydrogens (tertiary/aromatic N) is 2. The van der Waals surface area contributed by atoms with Crippen molar-refractivity contribution in [2.45, 2.75) is 44.7 Å². The SMILES string of the molecule is CN(Cc1cc2c(ccn2C(=O)O)s1)C1CCCCC1. The van der Waals surface area contributed by atoms with E-state index in [1.54, 1.807) is 17.5 Å². The molecule has 4 nitrogen and oxygen atoms in total. The van der Waals surface area contributed by atoms with Gasteiger partial charge in [0.05, 0.1) is 10.2 Å². The van der Waals surface area contributed by atoms with E-state index in [2.05, 4.69) is 11.9 Å². The van der Waals surface area contributed by atoms with Crippen LogP contribution in [0.15, 0.2) is 18.3 Å². The van der Waals surface area contributed by atoms with Gasteiger partial charge in [0.25, 0.3) is 0 Å². The van der Waals surface area contributed by atoms with Crippen molar-refractivity contribution >= 4 is 27.6 Å². The van der Waals surface area contributed by atoms with E-state index in [1.807, 2.05) is 12.1 Å². The molecule has 0 radical (unpaired) electrons. The highest BCUT2D eigenvalue weighted by Crippen LogP contribution is 2.29. The average Bonchev–Trinajstić information content (AvgIpc) is 2.98. The van der Waals surface area contributed by atoms with E-state index >= 15 is 0 Å². The standard InChI is InChI=1S/C15H20N2O2S/c1-16(11-5-3-2-4-6-11)10-12-9-13-14(20-12)7-8-17(13)15(18)19/h7-9,11H,2-6,10H2,1H3,(H,18,19). The number of carboxylic acid groups (broad SMARTS) is 1. The molecular weight excluding hydrogens is 272 g/mol. The molecule has 0 amide bonds. The molecule has 1 fully saturated rings. The molecule has 2 heterocycles. The van der Waals surface area contributed by atoms with Crippen molar-refractivity contribution in [1.29, 1.82) is 0 Å². The monoisotopic (exact) mass is 292 g/mol. The zero-order valence-corrected chi connectivity index (χ0v) is 12.5. The van der Waals surface area contributed by atoms with Gasteiger partial charge in [-0.05, 0) is 32.0 Å². The second kappa shape index (κ2) is 5.58. The van der Waals surface area contributed by atoms with E-state index in [0.717, 1.165) is 16.8 Å². The van der Waals surface area contributed by atoms with Gasteiger partial charge in [0.15, 0.2) is 0 Å². The van der Waals surface area contributed by atoms with Gasteiger partial charge in [-0.15, -0.1) is 11.3 Å². The zero-order chi connectivity index (χ0) is 14.1. The number of rotatable bonds is 3. The van der Waals surface area contributed by atoms with Crippen molar-refractivity contribution in [1.82, 2.24) is 9.47 Å². The molecule has 2 aromatic heterocycles. The molecule has 3 rings (SSSR count). The summed E-state index contributed by atoms with van der Waals surface area (Å²) in [5, 5.41) is 9.12. The lowest BCUT2D eigenvalue weighted by atomic mass is 9.94. The first-order chi connectivity index (χ1) is 9.65. The van der Waals surface area contributed by atoms with Crippen molar-refractivity contribution in [3.63, 3.8) is 0 Å². The second-order valence-electron chi connectivity index (χ2n) is 5.64. The van der Waals surface area contributed by atoms with E-state index in [0.29, 0.717) is 6.04 Å². The van der Waals surface area contributed by atoms with E-state index in [4.69, 9.17) is 5.11 Å². The molecule has 0 atom stereocenters. The molecule has 108 valence electrons. The van der Waals surface area contributed by atoms with Crippen molar-refractivity contribution in [3.05, 3.63) is 23.2 Å². The Bertz CT molecular complexity index is 610. The Kier molecular flexibility index (Phi) is 3.81. The first kappa shape index (κ1) is 13.6. The smallest absolute Gasteiger partial charge is 0.416 e. The lowest BCUT2D eigenvalue weighted by molar-refractivity contribution is 0.186. The van der Waals surface area contributed by atoms with Gasteiger partial charge in [-0.1, -0.05) is 19.3 Å². The topological polar surface area (TPSA) is 45.5 Å². The zero-order valence-electron chi connectivity index (χ0n) is 11.7. The molecule has 0 saturated heterocycles. The molecule has 0 aromatic carbocycles. The van der Waals surface area contributed by atoms with Gasteiger partial charge in [0, 0.05) is 23.7 Å². The Balaban J connectivity index is 1.75. The lowest BCUT2D eigenvalue weighted by Gasteiger charge is -2.30. The van der Waals surface area contributed by atoms with Crippen molar-refractivity contribution in [2.75, 3.05) is 7.05 Å². The molecule has 0 unspecified atom stereocenters. The van der Waals surface area contributed by atoms with Gasteiger partial charge in [-0.3, -0.25) is 9.47 Å². The Labute approximate surface area is 122 Å². The maximum atomic E-state index is 11.1. The molecule has 1 N–H and O–H groups in total. The van der Waals surface area contributed by atoms with Crippen LogP contribution in [-0.4, -0.2) is 33.8 Å². The van der Waals surface area contributed by atoms with Gasteiger partial charge in [-0.2, -0.15) is 0 Å². The predicted molar refractivity (Wildman–Crippen MR) is 81.6 cm³/mol. The van der Waals surface area contributed by atoms with Crippen molar-refractivity contribution < 1.29 is 9.90 Å².